The van der Waals surface area contributed by atoms with Gasteiger partial charge in [-0.25, -0.2) is 0 Å². The lowest BCUT2D eigenvalue weighted by Gasteiger charge is -1.94. The van der Waals surface area contributed by atoms with Crippen LogP contribution in [0.1, 0.15) is 0 Å². The van der Waals surface area contributed by atoms with E-state index in [2.05, 4.69) is 0 Å². The topological polar surface area (TPSA) is 35.2 Å². The van der Waals surface area contributed by atoms with E-state index in [1.165, 1.54) is 0 Å². The van der Waals surface area contributed by atoms with Gasteiger partial charge >= 0.3 is 0 Å². The van der Waals surface area contributed by atoms with Gasteiger partial charge in [0.15, 0.2) is 0 Å². The minimum atomic E-state index is 0. The molecule has 8 heavy (non-hydrogen) atoms. The molecule has 0 spiro atoms. The molecule has 0 aromatic rings. The monoisotopic (exact) mass is 159 g/mol. The van der Waals surface area contributed by atoms with Gasteiger partial charge < -0.3 is 10.5 Å². The first kappa shape index (κ1) is 11.3. The standard InChI is InChI=1S/C4H10ClNO.ClH/c5-1-3-7-4-2-6;/h1-4,6H2;1H. The van der Waals surface area contributed by atoms with Crippen LogP contribution in [0.5, 0.6) is 0 Å². The second kappa shape index (κ2) is 10.5. The van der Waals surface area contributed by atoms with E-state index in [9.17, 15) is 0 Å². The molecular formula is C4H11Cl2NO. The van der Waals surface area contributed by atoms with Gasteiger partial charge in [-0.3, -0.25) is 0 Å². The van der Waals surface area contributed by atoms with Gasteiger partial charge in [0.05, 0.1) is 13.2 Å². The summed E-state index contributed by atoms with van der Waals surface area (Å²) in [5.74, 6) is 0.556. The number of halogens is 2. The van der Waals surface area contributed by atoms with Crippen molar-refractivity contribution in [2.24, 2.45) is 5.73 Å². The average Bonchev–Trinajstić information content (AvgIpc) is 1.69. The number of hydrogen-bond donors (Lipinski definition) is 1. The summed E-state index contributed by atoms with van der Waals surface area (Å²) in [7, 11) is 0. The van der Waals surface area contributed by atoms with Gasteiger partial charge in [0.2, 0.25) is 0 Å². The molecule has 0 amide bonds. The predicted molar refractivity (Wildman–Crippen MR) is 37.8 cm³/mol. The van der Waals surface area contributed by atoms with Crippen LogP contribution in [0.15, 0.2) is 0 Å². The van der Waals surface area contributed by atoms with Crippen LogP contribution in [-0.2, 0) is 4.74 Å². The quantitative estimate of drug-likeness (QED) is 0.483. The smallest absolute Gasteiger partial charge is 0.0602 e. The number of ether oxygens (including phenoxy) is 1. The van der Waals surface area contributed by atoms with E-state index in [-0.39, 0.29) is 12.4 Å². The average molecular weight is 160 g/mol. The van der Waals surface area contributed by atoms with E-state index < -0.39 is 0 Å². The fourth-order valence-corrected chi connectivity index (χ4v) is 0.349. The highest BCUT2D eigenvalue weighted by molar-refractivity contribution is 6.17. The van der Waals surface area contributed by atoms with E-state index in [4.69, 9.17) is 22.1 Å². The maximum absolute atomic E-state index is 5.27. The lowest BCUT2D eigenvalue weighted by Crippen LogP contribution is -2.09. The largest absolute Gasteiger partial charge is 0.379 e. The molecule has 0 heterocycles. The maximum atomic E-state index is 5.27. The molecule has 0 saturated heterocycles. The van der Waals surface area contributed by atoms with Crippen molar-refractivity contribution in [3.63, 3.8) is 0 Å². The number of nitrogens with two attached hydrogens (primary N) is 1. The molecular weight excluding hydrogens is 149 g/mol. The van der Waals surface area contributed by atoms with Gasteiger partial charge in [-0.2, -0.15) is 0 Å². The second-order valence-corrected chi connectivity index (χ2v) is 1.47. The van der Waals surface area contributed by atoms with Crippen LogP contribution >= 0.6 is 24.0 Å². The summed E-state index contributed by atoms with van der Waals surface area (Å²) in [5.41, 5.74) is 5.10. The minimum Gasteiger partial charge on any atom is -0.379 e. The summed E-state index contributed by atoms with van der Waals surface area (Å²) in [4.78, 5) is 0. The number of hydrogen-bond acceptors (Lipinski definition) is 2. The Hall–Kier alpha value is 0.500. The normalized spacial score (nSPS) is 8.25. The molecule has 0 fully saturated rings. The van der Waals surface area contributed by atoms with Crippen LogP contribution in [0.2, 0.25) is 0 Å². The zero-order valence-electron chi connectivity index (χ0n) is 4.60. The summed E-state index contributed by atoms with van der Waals surface area (Å²) >= 11 is 5.27. The summed E-state index contributed by atoms with van der Waals surface area (Å²) in [6.07, 6.45) is 0. The van der Waals surface area contributed by atoms with E-state index >= 15 is 0 Å². The van der Waals surface area contributed by atoms with E-state index in [1.807, 2.05) is 0 Å². The highest BCUT2D eigenvalue weighted by atomic mass is 35.5. The van der Waals surface area contributed by atoms with Crippen molar-refractivity contribution >= 4 is 24.0 Å². The molecule has 0 atom stereocenters. The Kier molecular flexibility index (Phi) is 14.8. The second-order valence-electron chi connectivity index (χ2n) is 1.09. The molecule has 2 N–H and O–H groups in total. The molecule has 0 aromatic heterocycles. The van der Waals surface area contributed by atoms with Gasteiger partial charge in [0.1, 0.15) is 0 Å². The van der Waals surface area contributed by atoms with Crippen molar-refractivity contribution in [3.05, 3.63) is 0 Å². The molecule has 0 unspecified atom stereocenters. The zero-order valence-corrected chi connectivity index (χ0v) is 6.17. The third-order valence-electron chi connectivity index (χ3n) is 0.484. The van der Waals surface area contributed by atoms with Gasteiger partial charge in [0, 0.05) is 12.4 Å². The SMILES string of the molecule is Cl.NCCOCCCl. The number of alkyl halides is 1. The third kappa shape index (κ3) is 9.71. The fourth-order valence-electron chi connectivity index (χ4n) is 0.240. The maximum Gasteiger partial charge on any atom is 0.0602 e. The van der Waals surface area contributed by atoms with Crippen molar-refractivity contribution in [2.45, 2.75) is 0 Å². The summed E-state index contributed by atoms with van der Waals surface area (Å²) in [5, 5.41) is 0. The molecule has 0 aliphatic carbocycles. The Labute approximate surface area is 60.7 Å². The Morgan fingerprint density at radius 3 is 2.38 bits per heavy atom. The van der Waals surface area contributed by atoms with E-state index in [0.717, 1.165) is 0 Å². The van der Waals surface area contributed by atoms with Crippen LogP contribution in [0.4, 0.5) is 0 Å². The number of rotatable bonds is 4. The molecule has 4 heteroatoms. The zero-order chi connectivity index (χ0) is 5.54. The lowest BCUT2D eigenvalue weighted by atomic mass is 10.7. The molecule has 0 saturated carbocycles. The summed E-state index contributed by atoms with van der Waals surface area (Å²) < 4.78 is 4.88. The van der Waals surface area contributed by atoms with Gasteiger partial charge in [-0.05, 0) is 0 Å². The van der Waals surface area contributed by atoms with Crippen molar-refractivity contribution in [2.75, 3.05) is 25.6 Å². The Morgan fingerprint density at radius 1 is 1.38 bits per heavy atom. The first-order valence-corrected chi connectivity index (χ1v) is 2.79. The van der Waals surface area contributed by atoms with Crippen LogP contribution in [0.3, 0.4) is 0 Å². The van der Waals surface area contributed by atoms with Crippen molar-refractivity contribution in [3.8, 4) is 0 Å². The fraction of sp³-hybridized carbons (Fsp3) is 1.00. The molecule has 0 aromatic carbocycles. The minimum absolute atomic E-state index is 0. The molecule has 0 rings (SSSR count). The molecule has 0 aliphatic rings. The molecule has 0 radical (unpaired) electrons. The lowest BCUT2D eigenvalue weighted by molar-refractivity contribution is 0.157. The van der Waals surface area contributed by atoms with Crippen molar-refractivity contribution in [1.82, 2.24) is 0 Å². The van der Waals surface area contributed by atoms with Crippen LogP contribution in [0.25, 0.3) is 0 Å². The van der Waals surface area contributed by atoms with Gasteiger partial charge in [-0.15, -0.1) is 24.0 Å². The Bertz CT molecular complexity index is 33.2. The Morgan fingerprint density at radius 2 is 2.00 bits per heavy atom. The van der Waals surface area contributed by atoms with Crippen molar-refractivity contribution in [1.29, 1.82) is 0 Å². The summed E-state index contributed by atoms with van der Waals surface area (Å²) in [6.45, 7) is 1.81. The van der Waals surface area contributed by atoms with Crippen LogP contribution in [-0.4, -0.2) is 25.6 Å². The highest BCUT2D eigenvalue weighted by Gasteiger charge is 1.79. The molecule has 0 bridgehead atoms. The van der Waals surface area contributed by atoms with E-state index in [0.29, 0.717) is 25.6 Å². The molecule has 2 nitrogen and oxygen atoms in total. The van der Waals surface area contributed by atoms with Crippen LogP contribution in [0, 0.1) is 0 Å². The van der Waals surface area contributed by atoms with Crippen molar-refractivity contribution < 1.29 is 4.74 Å². The third-order valence-corrected chi connectivity index (χ3v) is 0.638. The summed E-state index contributed by atoms with van der Waals surface area (Å²) in [6, 6.07) is 0. The van der Waals surface area contributed by atoms with Gasteiger partial charge in [0.25, 0.3) is 0 Å². The van der Waals surface area contributed by atoms with Crippen LogP contribution < -0.4 is 5.73 Å². The first-order valence-electron chi connectivity index (χ1n) is 2.25. The predicted octanol–water partition coefficient (Wildman–Crippen LogP) is 0.622. The molecule has 0 aliphatic heterocycles. The van der Waals surface area contributed by atoms with E-state index in [1.54, 1.807) is 0 Å². The van der Waals surface area contributed by atoms with Gasteiger partial charge in [-0.1, -0.05) is 0 Å². The highest BCUT2D eigenvalue weighted by Crippen LogP contribution is 1.75. The Balaban J connectivity index is 0. The first-order chi connectivity index (χ1) is 3.41. The molecule has 52 valence electrons.